The number of anilines is 1. The molecule has 0 aliphatic carbocycles. The van der Waals surface area contributed by atoms with E-state index in [4.69, 9.17) is 11.6 Å². The zero-order valence-electron chi connectivity index (χ0n) is 13.1. The summed E-state index contributed by atoms with van der Waals surface area (Å²) in [7, 11) is 1.97. The van der Waals surface area contributed by atoms with Crippen LogP contribution in [0.2, 0.25) is 5.02 Å². The van der Waals surface area contributed by atoms with Gasteiger partial charge in [0.2, 0.25) is 5.91 Å². The number of hydrogen-bond donors (Lipinski definition) is 1. The van der Waals surface area contributed by atoms with E-state index >= 15 is 0 Å². The molecule has 6 nitrogen and oxygen atoms in total. The second-order valence-corrected chi connectivity index (χ2v) is 6.30. The molecule has 1 amide bonds. The van der Waals surface area contributed by atoms with E-state index < -0.39 is 0 Å². The van der Waals surface area contributed by atoms with E-state index in [9.17, 15) is 4.79 Å². The highest BCUT2D eigenvalue weighted by Gasteiger charge is 2.24. The van der Waals surface area contributed by atoms with Crippen molar-refractivity contribution in [1.29, 1.82) is 0 Å². The number of halogens is 1. The van der Waals surface area contributed by atoms with Crippen LogP contribution in [0.25, 0.3) is 0 Å². The lowest BCUT2D eigenvalue weighted by atomic mass is 9.94. The van der Waals surface area contributed by atoms with Gasteiger partial charge in [0.25, 0.3) is 0 Å². The summed E-state index contributed by atoms with van der Waals surface area (Å²) in [6, 6.07) is 5.48. The smallest absolute Gasteiger partial charge is 0.239 e. The molecular weight excluding hydrogens is 314 g/mol. The predicted octanol–water partition coefficient (Wildman–Crippen LogP) is 2.29. The Morgan fingerprint density at radius 1 is 1.43 bits per heavy atom. The topological polar surface area (TPSA) is 63.1 Å². The van der Waals surface area contributed by atoms with Gasteiger partial charge in [0.05, 0.1) is 11.6 Å². The monoisotopic (exact) mass is 333 g/mol. The number of hydrogen-bond acceptors (Lipinski definition) is 4. The minimum Gasteiger partial charge on any atom is -0.310 e. The number of rotatable bonds is 4. The van der Waals surface area contributed by atoms with Crippen LogP contribution in [0.4, 0.5) is 5.82 Å². The van der Waals surface area contributed by atoms with Gasteiger partial charge in [-0.2, -0.15) is 5.10 Å². The average Bonchev–Trinajstić information content (AvgIpc) is 2.96. The van der Waals surface area contributed by atoms with Crippen molar-refractivity contribution in [3.63, 3.8) is 0 Å². The average molecular weight is 334 g/mol. The Morgan fingerprint density at radius 2 is 2.30 bits per heavy atom. The van der Waals surface area contributed by atoms with Crippen molar-refractivity contribution in [1.82, 2.24) is 19.7 Å². The quantitative estimate of drug-likeness (QED) is 0.932. The summed E-state index contributed by atoms with van der Waals surface area (Å²) in [5, 5.41) is 7.60. The van der Waals surface area contributed by atoms with E-state index in [1.807, 2.05) is 17.9 Å². The van der Waals surface area contributed by atoms with Gasteiger partial charge in [-0.1, -0.05) is 11.6 Å². The van der Waals surface area contributed by atoms with Crippen molar-refractivity contribution in [2.75, 3.05) is 25.0 Å². The summed E-state index contributed by atoms with van der Waals surface area (Å²) in [5.41, 5.74) is 1.23. The van der Waals surface area contributed by atoms with Crippen LogP contribution in [0.3, 0.4) is 0 Å². The van der Waals surface area contributed by atoms with Crippen LogP contribution >= 0.6 is 11.6 Å². The SMILES string of the molecule is Cn1nccc1C1CCCN(CC(=O)Nc2ccc(Cl)cn2)C1. The first-order valence-corrected chi connectivity index (χ1v) is 8.11. The summed E-state index contributed by atoms with van der Waals surface area (Å²) in [5.74, 6) is 0.905. The number of piperidine rings is 1. The number of pyridine rings is 1. The van der Waals surface area contributed by atoms with E-state index in [-0.39, 0.29) is 5.91 Å². The Bertz CT molecular complexity index is 669. The van der Waals surface area contributed by atoms with E-state index in [1.54, 1.807) is 12.1 Å². The molecule has 3 rings (SSSR count). The van der Waals surface area contributed by atoms with Crippen molar-refractivity contribution in [2.45, 2.75) is 18.8 Å². The molecule has 1 fully saturated rings. The maximum atomic E-state index is 12.2. The molecule has 2 aromatic rings. The molecule has 1 atom stereocenters. The lowest BCUT2D eigenvalue weighted by Gasteiger charge is -2.32. The molecule has 7 heteroatoms. The van der Waals surface area contributed by atoms with Crippen LogP contribution in [0.5, 0.6) is 0 Å². The molecule has 0 radical (unpaired) electrons. The largest absolute Gasteiger partial charge is 0.310 e. The first-order valence-electron chi connectivity index (χ1n) is 7.73. The van der Waals surface area contributed by atoms with Gasteiger partial charge < -0.3 is 5.32 Å². The van der Waals surface area contributed by atoms with Crippen molar-refractivity contribution < 1.29 is 4.79 Å². The standard InChI is InChI=1S/C16H20ClN5O/c1-21-14(6-7-19-21)12-3-2-8-22(10-12)11-16(23)20-15-5-4-13(17)9-18-15/h4-7,9,12H,2-3,8,10-11H2,1H3,(H,18,20,23). The molecule has 0 spiro atoms. The van der Waals surface area contributed by atoms with E-state index in [0.717, 1.165) is 25.9 Å². The summed E-state index contributed by atoms with van der Waals surface area (Å²) in [6.45, 7) is 2.19. The Hall–Kier alpha value is -1.92. The fraction of sp³-hybridized carbons (Fsp3) is 0.438. The van der Waals surface area contributed by atoms with Gasteiger partial charge in [-0.15, -0.1) is 0 Å². The minimum atomic E-state index is -0.0505. The lowest BCUT2D eigenvalue weighted by Crippen LogP contribution is -2.40. The third kappa shape index (κ3) is 4.09. The second-order valence-electron chi connectivity index (χ2n) is 5.86. The summed E-state index contributed by atoms with van der Waals surface area (Å²) in [4.78, 5) is 18.5. The van der Waals surface area contributed by atoms with Crippen LogP contribution in [-0.2, 0) is 11.8 Å². The van der Waals surface area contributed by atoms with Crippen LogP contribution in [-0.4, -0.2) is 45.2 Å². The zero-order valence-corrected chi connectivity index (χ0v) is 13.8. The highest BCUT2D eigenvalue weighted by atomic mass is 35.5. The van der Waals surface area contributed by atoms with E-state index in [0.29, 0.717) is 23.3 Å². The third-order valence-electron chi connectivity index (χ3n) is 4.14. The van der Waals surface area contributed by atoms with Gasteiger partial charge >= 0.3 is 0 Å². The molecule has 2 aromatic heterocycles. The van der Waals surface area contributed by atoms with Crippen molar-refractivity contribution in [3.05, 3.63) is 41.3 Å². The highest BCUT2D eigenvalue weighted by Crippen LogP contribution is 2.26. The molecule has 1 N–H and O–H groups in total. The Labute approximate surface area is 140 Å². The number of carbonyl (C=O) groups is 1. The van der Waals surface area contributed by atoms with E-state index in [2.05, 4.69) is 26.4 Å². The number of carbonyl (C=O) groups excluding carboxylic acids is 1. The number of aryl methyl sites for hydroxylation is 1. The van der Waals surface area contributed by atoms with Crippen molar-refractivity contribution in [3.8, 4) is 0 Å². The minimum absolute atomic E-state index is 0.0505. The summed E-state index contributed by atoms with van der Waals surface area (Å²) >= 11 is 5.79. The molecule has 1 aliphatic rings. The van der Waals surface area contributed by atoms with Gasteiger partial charge in [0.15, 0.2) is 0 Å². The Morgan fingerprint density at radius 3 is 3.00 bits per heavy atom. The first kappa shape index (κ1) is 16.0. The predicted molar refractivity (Wildman–Crippen MR) is 89.5 cm³/mol. The van der Waals surface area contributed by atoms with Gasteiger partial charge in [-0.25, -0.2) is 4.98 Å². The van der Waals surface area contributed by atoms with Crippen LogP contribution in [0.1, 0.15) is 24.5 Å². The third-order valence-corrected chi connectivity index (χ3v) is 4.37. The maximum absolute atomic E-state index is 12.2. The molecule has 1 aliphatic heterocycles. The number of amides is 1. The number of nitrogens with one attached hydrogen (secondary N) is 1. The Balaban J connectivity index is 1.56. The number of nitrogens with zero attached hydrogens (tertiary/aromatic N) is 4. The molecule has 3 heterocycles. The molecule has 0 saturated carbocycles. The molecule has 0 aromatic carbocycles. The Kier molecular flexibility index (Phi) is 4.93. The number of aromatic nitrogens is 3. The fourth-order valence-electron chi connectivity index (χ4n) is 3.06. The molecule has 23 heavy (non-hydrogen) atoms. The summed E-state index contributed by atoms with van der Waals surface area (Å²) in [6.07, 6.45) is 5.57. The molecule has 0 bridgehead atoms. The first-order chi connectivity index (χ1) is 11.1. The van der Waals surface area contributed by atoms with Gasteiger partial charge in [0.1, 0.15) is 5.82 Å². The lowest BCUT2D eigenvalue weighted by molar-refractivity contribution is -0.117. The van der Waals surface area contributed by atoms with Crippen molar-refractivity contribution >= 4 is 23.3 Å². The molecular formula is C16H20ClN5O. The van der Waals surface area contributed by atoms with Gasteiger partial charge in [-0.3, -0.25) is 14.4 Å². The molecule has 122 valence electrons. The zero-order chi connectivity index (χ0) is 16.2. The highest BCUT2D eigenvalue weighted by molar-refractivity contribution is 6.30. The molecule has 1 saturated heterocycles. The van der Waals surface area contributed by atoms with Gasteiger partial charge in [-0.05, 0) is 37.6 Å². The van der Waals surface area contributed by atoms with Crippen LogP contribution < -0.4 is 5.32 Å². The van der Waals surface area contributed by atoms with Crippen molar-refractivity contribution in [2.24, 2.45) is 7.05 Å². The second kappa shape index (κ2) is 7.10. The number of likely N-dealkylation sites (tertiary alicyclic amines) is 1. The summed E-state index contributed by atoms with van der Waals surface area (Å²) < 4.78 is 1.92. The van der Waals surface area contributed by atoms with Gasteiger partial charge in [0, 0.05) is 37.6 Å². The maximum Gasteiger partial charge on any atom is 0.239 e. The van der Waals surface area contributed by atoms with E-state index in [1.165, 1.54) is 11.9 Å². The normalized spacial score (nSPS) is 18.8. The fourth-order valence-corrected chi connectivity index (χ4v) is 3.17. The van der Waals surface area contributed by atoms with Crippen LogP contribution in [0, 0.1) is 0 Å². The molecule has 1 unspecified atom stereocenters. The van der Waals surface area contributed by atoms with Crippen LogP contribution in [0.15, 0.2) is 30.6 Å².